The molecule has 1 aromatic heterocycles. The van der Waals surface area contributed by atoms with E-state index in [0.717, 1.165) is 5.69 Å². The van der Waals surface area contributed by atoms with Gasteiger partial charge in [0.25, 0.3) is 0 Å². The van der Waals surface area contributed by atoms with E-state index in [-0.39, 0.29) is 29.8 Å². The molecule has 29 heavy (non-hydrogen) atoms. The minimum absolute atomic E-state index is 0.0659. The van der Waals surface area contributed by atoms with Crippen LogP contribution in [0.25, 0.3) is 0 Å². The maximum Gasteiger partial charge on any atom is 0.228 e. The highest BCUT2D eigenvalue weighted by atomic mass is 16.3. The molecule has 2 amide bonds. The van der Waals surface area contributed by atoms with Crippen molar-refractivity contribution in [3.05, 3.63) is 11.9 Å². The summed E-state index contributed by atoms with van der Waals surface area (Å²) in [5, 5.41) is 20.1. The summed E-state index contributed by atoms with van der Waals surface area (Å²) in [6.07, 6.45) is 4.87. The van der Waals surface area contributed by atoms with E-state index in [0.29, 0.717) is 45.1 Å². The number of ketones is 1. The zero-order valence-corrected chi connectivity index (χ0v) is 18.0. The van der Waals surface area contributed by atoms with Gasteiger partial charge in [-0.1, -0.05) is 25.5 Å². The van der Waals surface area contributed by atoms with Crippen LogP contribution in [0.2, 0.25) is 0 Å². The largest absolute Gasteiger partial charge is 0.396 e. The van der Waals surface area contributed by atoms with Gasteiger partial charge in [0.1, 0.15) is 5.78 Å². The maximum atomic E-state index is 12.0. The number of hydrogen-bond acceptors (Lipinski definition) is 6. The molecule has 9 nitrogen and oxygen atoms in total. The van der Waals surface area contributed by atoms with Crippen LogP contribution in [0.3, 0.4) is 0 Å². The number of amides is 2. The van der Waals surface area contributed by atoms with Gasteiger partial charge in [0, 0.05) is 38.1 Å². The van der Waals surface area contributed by atoms with Gasteiger partial charge in [0.05, 0.1) is 17.2 Å². The molecule has 1 atom stereocenters. The lowest BCUT2D eigenvalue weighted by Gasteiger charge is -2.23. The number of nitrogens with zero attached hydrogens (tertiary/aromatic N) is 3. The average molecular weight is 410 g/mol. The van der Waals surface area contributed by atoms with E-state index in [9.17, 15) is 14.4 Å². The Morgan fingerprint density at radius 1 is 1.28 bits per heavy atom. The second-order valence-corrected chi connectivity index (χ2v) is 8.30. The van der Waals surface area contributed by atoms with Crippen molar-refractivity contribution in [2.45, 2.75) is 71.8 Å². The quantitative estimate of drug-likeness (QED) is 0.308. The normalized spacial score (nSPS) is 12.8. The Hall–Kier alpha value is -2.29. The molecule has 9 heteroatoms. The number of aryl methyl sites for hydroxylation is 1. The molecule has 1 heterocycles. The first-order valence-corrected chi connectivity index (χ1v) is 10.2. The van der Waals surface area contributed by atoms with Crippen molar-refractivity contribution in [3.8, 4) is 0 Å². The van der Waals surface area contributed by atoms with Gasteiger partial charge in [-0.25, -0.2) is 4.68 Å². The van der Waals surface area contributed by atoms with Crippen molar-refractivity contribution in [2.24, 2.45) is 17.6 Å². The number of hydrogen-bond donors (Lipinski definition) is 3. The summed E-state index contributed by atoms with van der Waals surface area (Å²) in [7, 11) is 0. The molecular formula is C20H35N5O4. The summed E-state index contributed by atoms with van der Waals surface area (Å²) in [6, 6.07) is 0. The number of aliphatic hydroxyl groups is 1. The van der Waals surface area contributed by atoms with Crippen molar-refractivity contribution < 1.29 is 19.5 Å². The lowest BCUT2D eigenvalue weighted by Crippen LogP contribution is -2.33. The van der Waals surface area contributed by atoms with Gasteiger partial charge < -0.3 is 16.2 Å². The lowest BCUT2D eigenvalue weighted by atomic mass is 9.90. The molecule has 1 rings (SSSR count). The summed E-state index contributed by atoms with van der Waals surface area (Å²) in [5.41, 5.74) is 5.72. The Labute approximate surface area is 172 Å². The first-order valence-electron chi connectivity index (χ1n) is 10.2. The molecular weight excluding hydrogens is 374 g/mol. The molecule has 0 aliphatic carbocycles. The minimum atomic E-state index is -0.747. The summed E-state index contributed by atoms with van der Waals surface area (Å²) >= 11 is 0. The third-order valence-corrected chi connectivity index (χ3v) is 4.99. The molecule has 0 aliphatic rings. The van der Waals surface area contributed by atoms with E-state index < -0.39 is 11.8 Å². The van der Waals surface area contributed by atoms with E-state index in [2.05, 4.69) is 15.6 Å². The summed E-state index contributed by atoms with van der Waals surface area (Å²) in [6.45, 7) is 7.99. The topological polar surface area (TPSA) is 140 Å². The first kappa shape index (κ1) is 24.7. The first-order chi connectivity index (χ1) is 13.6. The van der Waals surface area contributed by atoms with Crippen molar-refractivity contribution in [1.29, 1.82) is 0 Å². The Kier molecular flexibility index (Phi) is 9.94. The predicted molar refractivity (Wildman–Crippen MR) is 109 cm³/mol. The van der Waals surface area contributed by atoms with Crippen LogP contribution in [-0.2, 0) is 26.3 Å². The number of carbonyl (C=O) groups is 3. The summed E-state index contributed by atoms with van der Waals surface area (Å²) in [5.74, 6) is -1.76. The highest BCUT2D eigenvalue weighted by Crippen LogP contribution is 2.18. The van der Waals surface area contributed by atoms with Gasteiger partial charge in [0.15, 0.2) is 0 Å². The molecule has 4 N–H and O–H groups in total. The fourth-order valence-corrected chi connectivity index (χ4v) is 2.96. The second kappa shape index (κ2) is 11.6. The molecule has 1 unspecified atom stereocenters. The monoisotopic (exact) mass is 409 g/mol. The van der Waals surface area contributed by atoms with E-state index >= 15 is 0 Å². The van der Waals surface area contributed by atoms with Crippen molar-refractivity contribution in [3.63, 3.8) is 0 Å². The van der Waals surface area contributed by atoms with Gasteiger partial charge in [-0.05, 0) is 33.1 Å². The highest BCUT2D eigenvalue weighted by molar-refractivity contribution is 6.01. The standard InChI is InChI=1S/C20H35N5O4/c1-14(2)18(28)16(19(21)29)7-5-6-11-22-17(27)9-8-15-13-25(24-23-15)20(3,4)10-12-26/h13-14,16,26H,5-12H2,1-4H3,(H2,21,29)(H,22,27). The number of aromatic nitrogens is 3. The zero-order chi connectivity index (χ0) is 22.0. The lowest BCUT2D eigenvalue weighted by molar-refractivity contribution is -0.134. The molecule has 0 spiro atoms. The van der Waals surface area contributed by atoms with E-state index in [4.69, 9.17) is 10.8 Å². The Morgan fingerprint density at radius 2 is 1.97 bits per heavy atom. The molecule has 1 aromatic rings. The molecule has 0 bridgehead atoms. The number of carbonyl (C=O) groups excluding carboxylic acids is 3. The molecule has 0 fully saturated rings. The molecule has 0 saturated carbocycles. The third kappa shape index (κ3) is 8.31. The van der Waals surface area contributed by atoms with E-state index in [1.165, 1.54) is 0 Å². The number of primary amides is 1. The van der Waals surface area contributed by atoms with Crippen molar-refractivity contribution in [1.82, 2.24) is 20.3 Å². The fraction of sp³-hybridized carbons (Fsp3) is 0.750. The molecule has 0 aromatic carbocycles. The van der Waals surface area contributed by atoms with E-state index in [1.807, 2.05) is 13.8 Å². The van der Waals surface area contributed by atoms with Crippen LogP contribution in [-0.4, -0.2) is 50.8 Å². The van der Waals surface area contributed by atoms with Gasteiger partial charge in [-0.2, -0.15) is 0 Å². The number of nitrogens with two attached hydrogens (primary N) is 1. The van der Waals surface area contributed by atoms with Crippen LogP contribution >= 0.6 is 0 Å². The zero-order valence-electron chi connectivity index (χ0n) is 18.0. The molecule has 0 saturated heterocycles. The average Bonchev–Trinajstić information content (AvgIpc) is 3.12. The van der Waals surface area contributed by atoms with Crippen LogP contribution in [0.4, 0.5) is 0 Å². The van der Waals surface area contributed by atoms with Crippen LogP contribution < -0.4 is 11.1 Å². The summed E-state index contributed by atoms with van der Waals surface area (Å²) in [4.78, 5) is 35.4. The van der Waals surface area contributed by atoms with Crippen LogP contribution in [0, 0.1) is 11.8 Å². The van der Waals surface area contributed by atoms with Crippen LogP contribution in [0.15, 0.2) is 6.20 Å². The fourth-order valence-electron chi connectivity index (χ4n) is 2.96. The minimum Gasteiger partial charge on any atom is -0.396 e. The maximum absolute atomic E-state index is 12.0. The SMILES string of the molecule is CC(C)C(=O)C(CCCCNC(=O)CCc1cn(C(C)(C)CCO)nn1)C(N)=O. The van der Waals surface area contributed by atoms with Gasteiger partial charge >= 0.3 is 0 Å². The number of nitrogens with one attached hydrogen (secondary N) is 1. The van der Waals surface area contributed by atoms with Crippen LogP contribution in [0.5, 0.6) is 0 Å². The summed E-state index contributed by atoms with van der Waals surface area (Å²) < 4.78 is 1.71. The predicted octanol–water partition coefficient (Wildman–Crippen LogP) is 0.941. The number of Topliss-reactive ketones (excluding diaryl/α,β-unsaturated/α-hetero) is 1. The Bertz CT molecular complexity index is 684. The Morgan fingerprint density at radius 3 is 2.55 bits per heavy atom. The number of unbranched alkanes of at least 4 members (excludes halogenated alkanes) is 1. The van der Waals surface area contributed by atoms with Crippen LogP contribution in [0.1, 0.15) is 65.5 Å². The smallest absolute Gasteiger partial charge is 0.228 e. The third-order valence-electron chi connectivity index (χ3n) is 4.99. The van der Waals surface area contributed by atoms with Crippen molar-refractivity contribution >= 4 is 17.6 Å². The molecule has 0 radical (unpaired) electrons. The number of aliphatic hydroxyl groups excluding tert-OH is 1. The van der Waals surface area contributed by atoms with Gasteiger partial charge in [0.2, 0.25) is 11.8 Å². The van der Waals surface area contributed by atoms with Gasteiger partial charge in [-0.3, -0.25) is 14.4 Å². The molecule has 0 aliphatic heterocycles. The van der Waals surface area contributed by atoms with E-state index in [1.54, 1.807) is 24.7 Å². The van der Waals surface area contributed by atoms with Gasteiger partial charge in [-0.15, -0.1) is 5.10 Å². The Balaban J connectivity index is 2.30. The molecule has 164 valence electrons. The highest BCUT2D eigenvalue weighted by Gasteiger charge is 2.25. The number of rotatable bonds is 14. The second-order valence-electron chi connectivity index (χ2n) is 8.30. The van der Waals surface area contributed by atoms with Crippen molar-refractivity contribution in [2.75, 3.05) is 13.2 Å².